The maximum atomic E-state index is 12.6. The van der Waals surface area contributed by atoms with Gasteiger partial charge in [0.15, 0.2) is 0 Å². The molecule has 1 amide bonds. The van der Waals surface area contributed by atoms with E-state index in [1.54, 1.807) is 0 Å². The predicted molar refractivity (Wildman–Crippen MR) is 58.8 cm³/mol. The standard InChI is InChI=1S/C12H11F3N2O/c1-2-5-17-11(18)8-3-4-9(7-16)10(6-8)12(13,14)15/h3-4,6H,2,5H2,1H3,(H,17,18). The third kappa shape index (κ3) is 3.23. The molecule has 0 saturated carbocycles. The Hall–Kier alpha value is -2.03. The molecule has 0 radical (unpaired) electrons. The van der Waals surface area contributed by atoms with E-state index in [0.29, 0.717) is 19.0 Å². The summed E-state index contributed by atoms with van der Waals surface area (Å²) in [7, 11) is 0. The Kier molecular flexibility index (Phi) is 4.32. The van der Waals surface area contributed by atoms with Crippen molar-refractivity contribution in [3.63, 3.8) is 0 Å². The van der Waals surface area contributed by atoms with Gasteiger partial charge in [-0.2, -0.15) is 18.4 Å². The van der Waals surface area contributed by atoms with Crippen molar-refractivity contribution in [3.8, 4) is 6.07 Å². The van der Waals surface area contributed by atoms with E-state index in [9.17, 15) is 18.0 Å². The average Bonchev–Trinajstić information content (AvgIpc) is 2.34. The summed E-state index contributed by atoms with van der Waals surface area (Å²) in [5.74, 6) is -0.577. The van der Waals surface area contributed by atoms with E-state index in [0.717, 1.165) is 6.07 Å². The number of carbonyl (C=O) groups excluding carboxylic acids is 1. The highest BCUT2D eigenvalue weighted by atomic mass is 19.4. The molecule has 0 bridgehead atoms. The summed E-state index contributed by atoms with van der Waals surface area (Å²) in [6.07, 6.45) is -3.96. The van der Waals surface area contributed by atoms with E-state index in [1.807, 2.05) is 6.92 Å². The Morgan fingerprint density at radius 2 is 2.11 bits per heavy atom. The van der Waals surface area contributed by atoms with Crippen LogP contribution in [0.15, 0.2) is 18.2 Å². The Morgan fingerprint density at radius 3 is 2.61 bits per heavy atom. The molecule has 1 N–H and O–H groups in total. The molecule has 0 unspecified atom stereocenters. The van der Waals surface area contributed by atoms with Crippen molar-refractivity contribution in [2.45, 2.75) is 19.5 Å². The van der Waals surface area contributed by atoms with Gasteiger partial charge in [-0.05, 0) is 24.6 Å². The van der Waals surface area contributed by atoms with Crippen LogP contribution in [0.5, 0.6) is 0 Å². The molecule has 18 heavy (non-hydrogen) atoms. The van der Waals surface area contributed by atoms with Crippen molar-refractivity contribution in [2.75, 3.05) is 6.54 Å². The van der Waals surface area contributed by atoms with Crippen molar-refractivity contribution >= 4 is 5.91 Å². The highest BCUT2D eigenvalue weighted by Crippen LogP contribution is 2.32. The second-order valence-corrected chi connectivity index (χ2v) is 3.63. The van der Waals surface area contributed by atoms with Gasteiger partial charge < -0.3 is 5.32 Å². The molecular formula is C12H11F3N2O. The molecule has 0 aliphatic rings. The Labute approximate surface area is 102 Å². The van der Waals surface area contributed by atoms with Gasteiger partial charge in [0, 0.05) is 12.1 Å². The molecule has 6 heteroatoms. The van der Waals surface area contributed by atoms with Crippen LogP contribution in [0.1, 0.15) is 34.8 Å². The second kappa shape index (κ2) is 5.54. The fraction of sp³-hybridized carbons (Fsp3) is 0.333. The van der Waals surface area contributed by atoms with Gasteiger partial charge in [0.05, 0.1) is 17.2 Å². The number of alkyl halides is 3. The topological polar surface area (TPSA) is 52.9 Å². The predicted octanol–water partition coefficient (Wildman–Crippen LogP) is 2.72. The van der Waals surface area contributed by atoms with Crippen LogP contribution < -0.4 is 5.32 Å². The van der Waals surface area contributed by atoms with E-state index in [2.05, 4.69) is 5.32 Å². The summed E-state index contributed by atoms with van der Waals surface area (Å²) in [6.45, 7) is 2.22. The molecule has 1 aromatic rings. The minimum atomic E-state index is -4.65. The molecule has 96 valence electrons. The lowest BCUT2D eigenvalue weighted by atomic mass is 10.0. The maximum Gasteiger partial charge on any atom is 0.417 e. The van der Waals surface area contributed by atoms with Crippen molar-refractivity contribution in [2.24, 2.45) is 0 Å². The lowest BCUT2D eigenvalue weighted by molar-refractivity contribution is -0.137. The Balaban J connectivity index is 3.12. The molecule has 0 aromatic heterocycles. The first-order valence-corrected chi connectivity index (χ1v) is 5.29. The van der Waals surface area contributed by atoms with Gasteiger partial charge in [-0.15, -0.1) is 0 Å². The van der Waals surface area contributed by atoms with Crippen LogP contribution >= 0.6 is 0 Å². The minimum absolute atomic E-state index is 0.102. The third-order valence-corrected chi connectivity index (χ3v) is 2.24. The quantitative estimate of drug-likeness (QED) is 0.904. The van der Waals surface area contributed by atoms with Crippen LogP contribution in [0.3, 0.4) is 0 Å². The fourth-order valence-electron chi connectivity index (χ4n) is 1.36. The molecular weight excluding hydrogens is 245 g/mol. The minimum Gasteiger partial charge on any atom is -0.352 e. The Morgan fingerprint density at radius 1 is 1.44 bits per heavy atom. The van der Waals surface area contributed by atoms with Gasteiger partial charge in [-0.25, -0.2) is 0 Å². The van der Waals surface area contributed by atoms with Crippen LogP contribution in [0.4, 0.5) is 13.2 Å². The van der Waals surface area contributed by atoms with Crippen LogP contribution in [0.25, 0.3) is 0 Å². The molecule has 0 aliphatic carbocycles. The van der Waals surface area contributed by atoms with E-state index >= 15 is 0 Å². The first-order chi connectivity index (χ1) is 8.40. The SMILES string of the molecule is CCCNC(=O)c1ccc(C#N)c(C(F)(F)F)c1. The van der Waals surface area contributed by atoms with Gasteiger partial charge >= 0.3 is 6.18 Å². The number of hydrogen-bond acceptors (Lipinski definition) is 2. The van der Waals surface area contributed by atoms with Crippen LogP contribution in [-0.4, -0.2) is 12.5 Å². The largest absolute Gasteiger partial charge is 0.417 e. The lowest BCUT2D eigenvalue weighted by Gasteiger charge is -2.10. The molecule has 1 rings (SSSR count). The normalized spacial score (nSPS) is 10.8. The summed E-state index contributed by atoms with van der Waals surface area (Å²) >= 11 is 0. The number of hydrogen-bond donors (Lipinski definition) is 1. The highest BCUT2D eigenvalue weighted by Gasteiger charge is 2.34. The number of nitrogens with zero attached hydrogens (tertiary/aromatic N) is 1. The summed E-state index contributed by atoms with van der Waals surface area (Å²) < 4.78 is 37.9. The zero-order valence-electron chi connectivity index (χ0n) is 9.64. The van der Waals surface area contributed by atoms with Gasteiger partial charge in [0.25, 0.3) is 5.91 Å². The molecule has 1 aromatic carbocycles. The van der Waals surface area contributed by atoms with Crippen molar-refractivity contribution < 1.29 is 18.0 Å². The van der Waals surface area contributed by atoms with Crippen LogP contribution in [0, 0.1) is 11.3 Å². The summed E-state index contributed by atoms with van der Waals surface area (Å²) in [6, 6.07) is 4.37. The lowest BCUT2D eigenvalue weighted by Crippen LogP contribution is -2.24. The van der Waals surface area contributed by atoms with Crippen molar-refractivity contribution in [1.82, 2.24) is 5.32 Å². The molecule has 0 atom stereocenters. The number of nitriles is 1. The van der Waals surface area contributed by atoms with Crippen molar-refractivity contribution in [3.05, 3.63) is 34.9 Å². The first-order valence-electron chi connectivity index (χ1n) is 5.29. The second-order valence-electron chi connectivity index (χ2n) is 3.63. The van der Waals surface area contributed by atoms with Gasteiger partial charge in [-0.1, -0.05) is 6.92 Å². The molecule has 0 spiro atoms. The zero-order valence-corrected chi connectivity index (χ0v) is 9.64. The number of halogens is 3. The fourth-order valence-corrected chi connectivity index (χ4v) is 1.36. The number of carbonyl (C=O) groups is 1. The molecule has 0 saturated heterocycles. The summed E-state index contributed by atoms with van der Waals surface area (Å²) in [4.78, 5) is 11.5. The van der Waals surface area contributed by atoms with Gasteiger partial charge in [-0.3, -0.25) is 4.79 Å². The number of amides is 1. The molecule has 0 fully saturated rings. The maximum absolute atomic E-state index is 12.6. The van der Waals surface area contributed by atoms with E-state index in [-0.39, 0.29) is 5.56 Å². The van der Waals surface area contributed by atoms with Crippen LogP contribution in [-0.2, 0) is 6.18 Å². The number of rotatable bonds is 3. The first kappa shape index (κ1) is 14.0. The van der Waals surface area contributed by atoms with E-state index < -0.39 is 23.2 Å². The Bertz CT molecular complexity index is 489. The summed E-state index contributed by atoms with van der Waals surface area (Å²) in [5, 5.41) is 11.1. The third-order valence-electron chi connectivity index (χ3n) is 2.24. The monoisotopic (exact) mass is 256 g/mol. The van der Waals surface area contributed by atoms with E-state index in [1.165, 1.54) is 12.1 Å². The number of benzene rings is 1. The molecule has 3 nitrogen and oxygen atoms in total. The van der Waals surface area contributed by atoms with Crippen LogP contribution in [0.2, 0.25) is 0 Å². The van der Waals surface area contributed by atoms with Crippen molar-refractivity contribution in [1.29, 1.82) is 5.26 Å². The molecule has 0 aliphatic heterocycles. The van der Waals surface area contributed by atoms with E-state index in [4.69, 9.17) is 5.26 Å². The molecule has 0 heterocycles. The zero-order chi connectivity index (χ0) is 13.8. The highest BCUT2D eigenvalue weighted by molar-refractivity contribution is 5.94. The smallest absolute Gasteiger partial charge is 0.352 e. The average molecular weight is 256 g/mol. The van der Waals surface area contributed by atoms with Gasteiger partial charge in [0.2, 0.25) is 0 Å². The van der Waals surface area contributed by atoms with Gasteiger partial charge in [0.1, 0.15) is 0 Å². The number of nitrogens with one attached hydrogen (secondary N) is 1. The summed E-state index contributed by atoms with van der Waals surface area (Å²) in [5.41, 5.74) is -1.68.